The number of rotatable bonds is 4. The Labute approximate surface area is 135 Å². The molecule has 1 saturated heterocycles. The van der Waals surface area contributed by atoms with E-state index in [0.29, 0.717) is 25.1 Å². The van der Waals surface area contributed by atoms with Gasteiger partial charge in [0.05, 0.1) is 12.5 Å². The summed E-state index contributed by atoms with van der Waals surface area (Å²) in [6.45, 7) is 2.63. The fourth-order valence-corrected chi connectivity index (χ4v) is 2.80. The number of carbonyl (C=O) groups is 3. The van der Waals surface area contributed by atoms with Crippen LogP contribution in [0.15, 0.2) is 12.1 Å². The lowest BCUT2D eigenvalue weighted by Gasteiger charge is -2.32. The summed E-state index contributed by atoms with van der Waals surface area (Å²) in [5.74, 6) is -1.81. The van der Waals surface area contributed by atoms with Crippen LogP contribution >= 0.6 is 0 Å². The summed E-state index contributed by atoms with van der Waals surface area (Å²) in [5.41, 5.74) is 1.49. The van der Waals surface area contributed by atoms with Gasteiger partial charge in [0, 0.05) is 32.9 Å². The topological polar surface area (TPSA) is 82.8 Å². The quantitative estimate of drug-likeness (QED) is 0.886. The van der Waals surface area contributed by atoms with Crippen LogP contribution in [-0.4, -0.2) is 63.9 Å². The second-order valence-electron chi connectivity index (χ2n) is 6.10. The number of aromatic nitrogens is 1. The molecule has 2 amide bonds. The normalized spacial score (nSPS) is 17.9. The zero-order valence-corrected chi connectivity index (χ0v) is 13.8. The minimum Gasteiger partial charge on any atom is -0.481 e. The van der Waals surface area contributed by atoms with Gasteiger partial charge in [-0.05, 0) is 31.9 Å². The van der Waals surface area contributed by atoms with Crippen LogP contribution in [0.25, 0.3) is 0 Å². The lowest BCUT2D eigenvalue weighted by Crippen LogP contribution is -2.47. The van der Waals surface area contributed by atoms with Gasteiger partial charge in [0.1, 0.15) is 5.69 Å². The summed E-state index contributed by atoms with van der Waals surface area (Å²) >= 11 is 0. The van der Waals surface area contributed by atoms with Crippen molar-refractivity contribution in [1.29, 1.82) is 0 Å². The fourth-order valence-electron chi connectivity index (χ4n) is 2.80. The SMILES string of the molecule is Cc1ccc(C(=O)N(C)CC(=O)N2CCCC(C(=O)O)C2)n1C. The monoisotopic (exact) mass is 321 g/mol. The van der Waals surface area contributed by atoms with E-state index >= 15 is 0 Å². The number of carboxylic acid groups (broad SMARTS) is 1. The first-order valence-corrected chi connectivity index (χ1v) is 7.69. The molecule has 126 valence electrons. The molecule has 1 aromatic rings. The predicted molar refractivity (Wildman–Crippen MR) is 84.1 cm³/mol. The second kappa shape index (κ2) is 6.85. The molecule has 7 nitrogen and oxygen atoms in total. The highest BCUT2D eigenvalue weighted by Crippen LogP contribution is 2.17. The average molecular weight is 321 g/mol. The highest BCUT2D eigenvalue weighted by molar-refractivity contribution is 5.95. The van der Waals surface area contributed by atoms with E-state index in [0.717, 1.165) is 5.69 Å². The maximum absolute atomic E-state index is 12.4. The largest absolute Gasteiger partial charge is 0.481 e. The van der Waals surface area contributed by atoms with E-state index in [4.69, 9.17) is 5.11 Å². The summed E-state index contributed by atoms with van der Waals surface area (Å²) in [6.07, 6.45) is 1.27. The van der Waals surface area contributed by atoms with E-state index in [9.17, 15) is 14.4 Å². The fraction of sp³-hybridized carbons (Fsp3) is 0.562. The summed E-state index contributed by atoms with van der Waals surface area (Å²) in [7, 11) is 3.39. The van der Waals surface area contributed by atoms with Crippen molar-refractivity contribution in [2.75, 3.05) is 26.7 Å². The number of carboxylic acids is 1. The van der Waals surface area contributed by atoms with Crippen LogP contribution in [0, 0.1) is 12.8 Å². The van der Waals surface area contributed by atoms with Crippen LogP contribution < -0.4 is 0 Å². The van der Waals surface area contributed by atoms with E-state index in [1.807, 2.05) is 13.0 Å². The molecule has 1 fully saturated rings. The lowest BCUT2D eigenvalue weighted by atomic mass is 9.98. The summed E-state index contributed by atoms with van der Waals surface area (Å²) in [5, 5.41) is 9.08. The number of hydrogen-bond donors (Lipinski definition) is 1. The number of carbonyl (C=O) groups excluding carboxylic acids is 2. The van der Waals surface area contributed by atoms with Crippen molar-refractivity contribution < 1.29 is 19.5 Å². The molecule has 1 aliphatic heterocycles. The van der Waals surface area contributed by atoms with E-state index in [-0.39, 0.29) is 24.9 Å². The average Bonchev–Trinajstić information content (AvgIpc) is 2.86. The summed E-state index contributed by atoms with van der Waals surface area (Å²) in [6, 6.07) is 3.59. The maximum Gasteiger partial charge on any atom is 0.308 e. The number of nitrogens with zero attached hydrogens (tertiary/aromatic N) is 3. The molecule has 0 bridgehead atoms. The van der Waals surface area contributed by atoms with Crippen LogP contribution in [-0.2, 0) is 16.6 Å². The lowest BCUT2D eigenvalue weighted by molar-refractivity contribution is -0.145. The first-order valence-electron chi connectivity index (χ1n) is 7.69. The van der Waals surface area contributed by atoms with E-state index in [1.165, 1.54) is 4.90 Å². The Morgan fingerprint density at radius 1 is 1.35 bits per heavy atom. The first kappa shape index (κ1) is 17.1. The standard InChI is InChI=1S/C16H23N3O4/c1-11-6-7-13(18(11)3)15(21)17(2)10-14(20)19-8-4-5-12(9-19)16(22)23/h6-7,12H,4-5,8-10H2,1-3H3,(H,22,23). The Morgan fingerprint density at radius 2 is 2.04 bits per heavy atom. The molecule has 1 aromatic heterocycles. The van der Waals surface area contributed by atoms with Gasteiger partial charge in [-0.3, -0.25) is 14.4 Å². The minimum absolute atomic E-state index is 0.0462. The predicted octanol–water partition coefficient (Wildman–Crippen LogP) is 0.729. The van der Waals surface area contributed by atoms with Gasteiger partial charge in [-0.1, -0.05) is 0 Å². The Bertz CT molecular complexity index is 623. The molecular formula is C16H23N3O4. The molecule has 0 spiro atoms. The van der Waals surface area contributed by atoms with Crippen molar-refractivity contribution in [2.45, 2.75) is 19.8 Å². The molecule has 7 heteroatoms. The molecule has 0 aliphatic carbocycles. The number of likely N-dealkylation sites (N-methyl/N-ethyl adjacent to an activating group) is 1. The molecule has 1 aliphatic rings. The van der Waals surface area contributed by atoms with E-state index in [2.05, 4.69) is 0 Å². The smallest absolute Gasteiger partial charge is 0.308 e. The number of aryl methyl sites for hydroxylation is 1. The maximum atomic E-state index is 12.4. The van der Waals surface area contributed by atoms with Crippen molar-refractivity contribution >= 4 is 17.8 Å². The van der Waals surface area contributed by atoms with Crippen molar-refractivity contribution in [3.63, 3.8) is 0 Å². The zero-order valence-electron chi connectivity index (χ0n) is 13.8. The van der Waals surface area contributed by atoms with Crippen LogP contribution in [0.1, 0.15) is 29.0 Å². The zero-order chi connectivity index (χ0) is 17.1. The van der Waals surface area contributed by atoms with E-state index < -0.39 is 11.9 Å². The highest BCUT2D eigenvalue weighted by atomic mass is 16.4. The second-order valence-corrected chi connectivity index (χ2v) is 6.10. The molecule has 0 radical (unpaired) electrons. The van der Waals surface area contributed by atoms with Gasteiger partial charge in [0.25, 0.3) is 5.91 Å². The number of aliphatic carboxylic acids is 1. The molecular weight excluding hydrogens is 298 g/mol. The van der Waals surface area contributed by atoms with Crippen molar-refractivity contribution in [3.8, 4) is 0 Å². The minimum atomic E-state index is -0.869. The van der Waals surface area contributed by atoms with Crippen molar-refractivity contribution in [2.24, 2.45) is 13.0 Å². The molecule has 0 aromatic carbocycles. The summed E-state index contributed by atoms with van der Waals surface area (Å²) in [4.78, 5) is 38.7. The number of hydrogen-bond acceptors (Lipinski definition) is 3. The molecule has 2 heterocycles. The van der Waals surface area contributed by atoms with Gasteiger partial charge in [0.2, 0.25) is 5.91 Å². The molecule has 0 saturated carbocycles. The summed E-state index contributed by atoms with van der Waals surface area (Å²) < 4.78 is 1.78. The van der Waals surface area contributed by atoms with E-state index in [1.54, 1.807) is 29.6 Å². The van der Waals surface area contributed by atoms with Crippen molar-refractivity contribution in [3.05, 3.63) is 23.5 Å². The first-order chi connectivity index (χ1) is 10.8. The Hall–Kier alpha value is -2.31. The highest BCUT2D eigenvalue weighted by Gasteiger charge is 2.29. The number of amides is 2. The number of likely N-dealkylation sites (tertiary alicyclic amines) is 1. The Kier molecular flexibility index (Phi) is 5.08. The van der Waals surface area contributed by atoms with Gasteiger partial charge in [-0.15, -0.1) is 0 Å². The van der Waals surface area contributed by atoms with Gasteiger partial charge in [-0.25, -0.2) is 0 Å². The molecule has 1 atom stereocenters. The third-order valence-corrected chi connectivity index (χ3v) is 4.43. The van der Waals surface area contributed by atoms with Crippen LogP contribution in [0.2, 0.25) is 0 Å². The molecule has 1 N–H and O–H groups in total. The van der Waals surface area contributed by atoms with Crippen molar-refractivity contribution in [1.82, 2.24) is 14.4 Å². The molecule has 23 heavy (non-hydrogen) atoms. The van der Waals surface area contributed by atoms with Crippen LogP contribution in [0.5, 0.6) is 0 Å². The Morgan fingerprint density at radius 3 is 2.61 bits per heavy atom. The molecule has 2 rings (SSSR count). The number of piperidine rings is 1. The van der Waals surface area contributed by atoms with Gasteiger partial charge < -0.3 is 19.5 Å². The van der Waals surface area contributed by atoms with Crippen LogP contribution in [0.4, 0.5) is 0 Å². The van der Waals surface area contributed by atoms with Gasteiger partial charge in [-0.2, -0.15) is 0 Å². The van der Waals surface area contributed by atoms with Gasteiger partial charge in [0.15, 0.2) is 0 Å². The van der Waals surface area contributed by atoms with Gasteiger partial charge >= 0.3 is 5.97 Å². The molecule has 1 unspecified atom stereocenters. The van der Waals surface area contributed by atoms with Crippen LogP contribution in [0.3, 0.4) is 0 Å². The Balaban J connectivity index is 1.98. The third kappa shape index (κ3) is 3.72. The third-order valence-electron chi connectivity index (χ3n) is 4.43.